The van der Waals surface area contributed by atoms with Gasteiger partial charge in [0.2, 0.25) is 5.78 Å². The van der Waals surface area contributed by atoms with Gasteiger partial charge in [0.05, 0.1) is 22.2 Å². The highest BCUT2D eigenvalue weighted by molar-refractivity contribution is 6.83. The molecule has 8 aromatic carbocycles. The summed E-state index contributed by atoms with van der Waals surface area (Å²) < 4.78 is 175. The van der Waals surface area contributed by atoms with Crippen LogP contribution in [0.3, 0.4) is 0 Å². The number of aromatic amines is 2. The molecule has 1 aliphatic rings. The fourth-order valence-corrected chi connectivity index (χ4v) is 9.99. The van der Waals surface area contributed by atoms with Crippen molar-refractivity contribution in [3.8, 4) is 11.5 Å². The van der Waals surface area contributed by atoms with E-state index in [-0.39, 0.29) is 35.1 Å². The van der Waals surface area contributed by atoms with Crippen LogP contribution in [0.25, 0.3) is 21.8 Å². The van der Waals surface area contributed by atoms with Crippen LogP contribution in [0.15, 0.2) is 207 Å². The number of ether oxygens (including phenoxy) is 3. The number of hydrogen-bond donors (Lipinski definition) is 4. The molecule has 3 heterocycles. The molecular weight excluding hydrogens is 1250 g/mol. The molecule has 5 N–H and O–H groups in total. The number of nitrogens with two attached hydrogens (primary N) is 1. The summed E-state index contributed by atoms with van der Waals surface area (Å²) in [6.07, 6.45) is -12.8. The Hall–Kier alpha value is -9.71. The number of benzene rings is 8. The fraction of sp³-hybridized carbons (Fsp3) is 0.176. The molecule has 2 atom stereocenters. The number of ketones is 2. The van der Waals surface area contributed by atoms with E-state index in [1.54, 1.807) is 97.1 Å². The van der Waals surface area contributed by atoms with E-state index in [2.05, 4.69) is 24.8 Å². The molecule has 0 radical (unpaired) electrons. The second-order valence-corrected chi connectivity index (χ2v) is 21.0. The summed E-state index contributed by atoms with van der Waals surface area (Å²) in [4.78, 5) is 55.0. The quantitative estimate of drug-likeness (QED) is 0.0269. The third kappa shape index (κ3) is 17.0. The summed E-state index contributed by atoms with van der Waals surface area (Å²) in [5.74, 6) is -7.92. The van der Waals surface area contributed by atoms with Crippen molar-refractivity contribution < 1.29 is 86.1 Å². The van der Waals surface area contributed by atoms with Gasteiger partial charge in [-0.1, -0.05) is 121 Å². The zero-order chi connectivity index (χ0) is 66.4. The van der Waals surface area contributed by atoms with E-state index in [0.29, 0.717) is 45.1 Å². The van der Waals surface area contributed by atoms with Crippen LogP contribution < -0.4 is 20.5 Å². The molecule has 11 nitrogen and oxygen atoms in total. The number of amides is 1. The summed E-state index contributed by atoms with van der Waals surface area (Å²) >= 11 is 5.12. The molecule has 24 heteroatoms. The number of nitrogens with one attached hydrogen (secondary N) is 3. The highest BCUT2D eigenvalue weighted by Crippen LogP contribution is 2.40. The first-order valence-corrected chi connectivity index (χ1v) is 28.2. The largest absolute Gasteiger partial charge is 0.461 e. The molecule has 0 unspecified atom stereocenters. The second kappa shape index (κ2) is 29.9. The van der Waals surface area contributed by atoms with Crippen LogP contribution in [-0.2, 0) is 38.2 Å². The molecule has 0 aliphatic carbocycles. The molecule has 2 aromatic heterocycles. The molecule has 92 heavy (non-hydrogen) atoms. The van der Waals surface area contributed by atoms with Crippen molar-refractivity contribution in [2.24, 2.45) is 5.73 Å². The lowest BCUT2D eigenvalue weighted by Crippen LogP contribution is -2.51. The fourth-order valence-electron chi connectivity index (χ4n) is 9.89. The normalized spacial score (nSPS) is 13.5. The smallest absolute Gasteiger partial charge is 0.428 e. The Bertz CT molecular complexity index is 4150. The van der Waals surface area contributed by atoms with E-state index < -0.39 is 93.6 Å². The van der Waals surface area contributed by atoms with Gasteiger partial charge in [0, 0.05) is 66.0 Å². The molecule has 0 saturated carbocycles. The molecule has 10 aromatic rings. The molecule has 1 fully saturated rings. The minimum Gasteiger partial charge on any atom is -0.428 e. The summed E-state index contributed by atoms with van der Waals surface area (Å²) in [5.41, 5.74) is 6.48. The number of Topliss-reactive ketones (excluding diaryl/α,β-unsaturated/α-hetero) is 2. The molecule has 478 valence electrons. The van der Waals surface area contributed by atoms with Crippen LogP contribution in [0, 0.1) is 23.3 Å². The van der Waals surface area contributed by atoms with E-state index in [4.69, 9.17) is 22.1 Å². The third-order valence-corrected chi connectivity index (χ3v) is 14.5. The monoisotopic (exact) mass is 1300 g/mol. The minimum absolute atomic E-state index is 0.00183. The summed E-state index contributed by atoms with van der Waals surface area (Å²) in [6, 6.07) is 45.7. The number of carbonyl (C=O) groups is 4. The van der Waals surface area contributed by atoms with Crippen molar-refractivity contribution in [1.82, 2.24) is 15.3 Å². The average Bonchev–Trinajstić information content (AvgIpc) is 1.37. The number of rotatable bonds is 19. The van der Waals surface area contributed by atoms with Gasteiger partial charge in [0.1, 0.15) is 34.8 Å². The zero-order valence-corrected chi connectivity index (χ0v) is 48.6. The first-order valence-electron chi connectivity index (χ1n) is 27.8. The highest BCUT2D eigenvalue weighted by atomic mass is 35.5. The summed E-state index contributed by atoms with van der Waals surface area (Å²) in [7, 11) is 0. The van der Waals surface area contributed by atoms with E-state index in [1.807, 2.05) is 12.1 Å². The molecule has 0 bridgehead atoms. The predicted molar refractivity (Wildman–Crippen MR) is 319 cm³/mol. The Kier molecular flexibility index (Phi) is 22.2. The maximum absolute atomic E-state index is 15.0. The van der Waals surface area contributed by atoms with Gasteiger partial charge in [0.25, 0.3) is 16.9 Å². The summed E-state index contributed by atoms with van der Waals surface area (Å²) in [6.45, 7) is 2.00. The van der Waals surface area contributed by atoms with Crippen LogP contribution in [0.5, 0.6) is 11.5 Å². The average molecular weight is 1300 g/mol. The van der Waals surface area contributed by atoms with Gasteiger partial charge in [-0.3, -0.25) is 19.2 Å². The maximum atomic E-state index is 15.0. The van der Waals surface area contributed by atoms with Gasteiger partial charge in [-0.2, -0.15) is 35.1 Å². The highest BCUT2D eigenvalue weighted by Gasteiger charge is 2.46. The van der Waals surface area contributed by atoms with Gasteiger partial charge in [0.15, 0.2) is 0 Å². The topological polar surface area (TPSA) is 166 Å². The number of carbonyl (C=O) groups excluding carboxylic acids is 4. The van der Waals surface area contributed by atoms with E-state index in [0.717, 1.165) is 72.8 Å². The van der Waals surface area contributed by atoms with Crippen molar-refractivity contribution in [3.05, 3.63) is 274 Å². The number of para-hydroxylation sites is 2. The van der Waals surface area contributed by atoms with Crippen LogP contribution in [-0.4, -0.2) is 71.0 Å². The van der Waals surface area contributed by atoms with E-state index >= 15 is 0 Å². The number of aromatic nitrogens is 2. The lowest BCUT2D eigenvalue weighted by molar-refractivity contribution is -0.253. The van der Waals surface area contributed by atoms with Crippen molar-refractivity contribution in [1.29, 1.82) is 0 Å². The molecule has 11 rings (SSSR count). The van der Waals surface area contributed by atoms with Gasteiger partial charge in [-0.25, -0.2) is 17.6 Å². The SMILES string of the molecule is C1CCOC1.N[C@](Cc1ccccc1)(c1ccc(F)cc1)c1cc(F)cc(OC(F)(F)C(F)F)c1.O=C(Cl)C(=O)c1c[nH]c2ccccc12.O=C(N[C@](Cc1ccccc1)(c1ccc(F)cc1)c1cc(F)cc(OC(F)(F)C(F)F)c1)C(=O)c1c[nH]c2ccccc12. The summed E-state index contributed by atoms with van der Waals surface area (Å²) in [5, 5.41) is 2.84. The number of H-pyrrole nitrogens is 2. The molecule has 0 spiro atoms. The van der Waals surface area contributed by atoms with E-state index in [1.165, 1.54) is 49.5 Å². The number of alkyl halides is 8. The number of halogens is 13. The predicted octanol–water partition coefficient (Wildman–Crippen LogP) is 15.7. The van der Waals surface area contributed by atoms with Crippen LogP contribution >= 0.6 is 11.6 Å². The van der Waals surface area contributed by atoms with Crippen molar-refractivity contribution >= 4 is 56.1 Å². The third-order valence-electron chi connectivity index (χ3n) is 14.3. The number of hydrogen-bond acceptors (Lipinski definition) is 8. The molecular formula is C68H53ClF12N4O7. The Labute approximate surface area is 522 Å². The lowest BCUT2D eigenvalue weighted by atomic mass is 9.77. The first-order chi connectivity index (χ1) is 43.8. The Morgan fingerprint density at radius 1 is 0.500 bits per heavy atom. The maximum Gasteiger partial charge on any atom is 0.461 e. The molecule has 1 saturated heterocycles. The first kappa shape index (κ1) is 68.2. The van der Waals surface area contributed by atoms with Gasteiger partial charge >= 0.3 is 25.1 Å². The zero-order valence-electron chi connectivity index (χ0n) is 47.9. The van der Waals surface area contributed by atoms with Crippen LogP contribution in [0.4, 0.5) is 52.7 Å². The number of fused-ring (bicyclic) bond motifs is 2. The van der Waals surface area contributed by atoms with Crippen molar-refractivity contribution in [3.63, 3.8) is 0 Å². The van der Waals surface area contributed by atoms with Gasteiger partial charge < -0.3 is 35.2 Å². The van der Waals surface area contributed by atoms with E-state index in [9.17, 15) is 71.9 Å². The Morgan fingerprint density at radius 3 is 1.36 bits per heavy atom. The van der Waals surface area contributed by atoms with Crippen LogP contribution in [0.1, 0.15) is 66.9 Å². The van der Waals surface area contributed by atoms with Crippen molar-refractivity contribution in [2.75, 3.05) is 13.2 Å². The Balaban J connectivity index is 0.000000190. The minimum atomic E-state index is -4.96. The van der Waals surface area contributed by atoms with Crippen molar-refractivity contribution in [2.45, 2.75) is 61.8 Å². The second-order valence-electron chi connectivity index (χ2n) is 20.7. The molecule has 1 aliphatic heterocycles. The standard InChI is InChI=1S/C32H22F6N2O3.C22H17F6NO.C10H6ClNO2.C4H8O/c33-22-12-10-20(11-13-22)31(17-19-6-2-1-3-7-19,21-14-23(34)16-24(15-21)43-32(37,38)30(35)36)40-29(42)28(41)26-18-39-27-9-5-4-8-25(26)27;23-17-8-6-15(7-9-17)21(29,13-14-4-2-1-3-5-14)16-10-18(24)12-19(11-16)30-22(27,28)20(25)26;11-10(14)9(13)7-5-12-8-4-2-1-3-6(7)8;1-2-4-5-3-1/h1-16,18,30,39H,17H2,(H,40,42);1-12,20H,13,29H2;1-5,12H;1-4H2/t31-;21-;;/m11../s1. The Morgan fingerprint density at radius 2 is 0.913 bits per heavy atom. The van der Waals surface area contributed by atoms with Crippen LogP contribution in [0.2, 0.25) is 0 Å². The van der Waals surface area contributed by atoms with Gasteiger partial charge in [-0.05, 0) is 125 Å². The molecule has 1 amide bonds. The lowest BCUT2D eigenvalue weighted by Gasteiger charge is -2.36. The van der Waals surface area contributed by atoms with Gasteiger partial charge in [-0.15, -0.1) is 0 Å².